The van der Waals surface area contributed by atoms with E-state index in [9.17, 15) is 9.90 Å². The molecule has 8 heteroatoms. The number of amides is 1. The largest absolute Gasteiger partial charge is 0.394 e. The van der Waals surface area contributed by atoms with Gasteiger partial charge < -0.3 is 29.8 Å². The van der Waals surface area contributed by atoms with Crippen molar-refractivity contribution in [1.82, 2.24) is 4.98 Å². The molecule has 0 bridgehead atoms. The first-order valence-corrected chi connectivity index (χ1v) is 11.2. The van der Waals surface area contributed by atoms with Crippen LogP contribution < -0.4 is 5.73 Å². The number of benzene rings is 2. The lowest BCUT2D eigenvalue weighted by atomic mass is 9.93. The predicted octanol–water partition coefficient (Wildman–Crippen LogP) is 2.68. The molecule has 0 spiro atoms. The first-order valence-electron chi connectivity index (χ1n) is 11.2. The molecule has 176 valence electrons. The van der Waals surface area contributed by atoms with Crippen LogP contribution in [0.4, 0.5) is 0 Å². The minimum absolute atomic E-state index is 0.191. The Hall–Kier alpha value is -3.14. The molecule has 2 aromatic carbocycles. The van der Waals surface area contributed by atoms with Gasteiger partial charge >= 0.3 is 0 Å². The van der Waals surface area contributed by atoms with E-state index in [4.69, 9.17) is 24.7 Å². The number of primary amides is 1. The third-order valence-corrected chi connectivity index (χ3v) is 6.08. The van der Waals surface area contributed by atoms with Crippen LogP contribution in [0.1, 0.15) is 39.8 Å². The molecular weight excluding hydrogens is 436 g/mol. The van der Waals surface area contributed by atoms with Crippen molar-refractivity contribution < 1.29 is 28.8 Å². The molecule has 1 amide bonds. The van der Waals surface area contributed by atoms with E-state index in [2.05, 4.69) is 4.98 Å². The molecule has 1 aromatic heterocycles. The number of aliphatic hydroxyl groups is 1. The molecule has 2 aliphatic heterocycles. The number of ether oxygens (including phenoxy) is 4. The number of hydrogen-bond acceptors (Lipinski definition) is 7. The number of carbonyl (C=O) groups is 1. The fourth-order valence-corrected chi connectivity index (χ4v) is 4.46. The summed E-state index contributed by atoms with van der Waals surface area (Å²) in [6.07, 6.45) is -1.87. The minimum Gasteiger partial charge on any atom is -0.394 e. The summed E-state index contributed by atoms with van der Waals surface area (Å²) in [6, 6.07) is 22.6. The summed E-state index contributed by atoms with van der Waals surface area (Å²) in [7, 11) is 0. The molecule has 8 nitrogen and oxygen atoms in total. The maximum Gasteiger partial charge on any atom is 0.267 e. The van der Waals surface area contributed by atoms with Crippen LogP contribution >= 0.6 is 0 Å². The highest BCUT2D eigenvalue weighted by atomic mass is 16.8. The molecule has 3 N–H and O–H groups in total. The Kier molecular flexibility index (Phi) is 6.66. The zero-order valence-electron chi connectivity index (χ0n) is 18.4. The van der Waals surface area contributed by atoms with Crippen molar-refractivity contribution >= 4 is 5.91 Å². The maximum atomic E-state index is 12.0. The van der Waals surface area contributed by atoms with E-state index in [0.29, 0.717) is 12.0 Å². The Morgan fingerprint density at radius 1 is 0.794 bits per heavy atom. The van der Waals surface area contributed by atoms with E-state index < -0.39 is 42.9 Å². The van der Waals surface area contributed by atoms with Crippen molar-refractivity contribution in [2.75, 3.05) is 6.61 Å². The van der Waals surface area contributed by atoms with Crippen molar-refractivity contribution in [3.05, 3.63) is 101 Å². The summed E-state index contributed by atoms with van der Waals surface area (Å²) in [6.45, 7) is -0.248. The van der Waals surface area contributed by atoms with Crippen molar-refractivity contribution in [2.45, 2.75) is 43.4 Å². The molecule has 6 unspecified atom stereocenters. The predicted molar refractivity (Wildman–Crippen MR) is 121 cm³/mol. The van der Waals surface area contributed by atoms with Crippen LogP contribution in [0.5, 0.6) is 0 Å². The summed E-state index contributed by atoms with van der Waals surface area (Å²) in [5.41, 5.74) is 8.05. The average Bonchev–Trinajstić information content (AvgIpc) is 2.89. The molecule has 2 aliphatic rings. The number of rotatable bonds is 6. The van der Waals surface area contributed by atoms with Gasteiger partial charge in [-0.1, -0.05) is 66.7 Å². The van der Waals surface area contributed by atoms with Crippen LogP contribution in [0.15, 0.2) is 79.0 Å². The van der Waals surface area contributed by atoms with Gasteiger partial charge in [-0.3, -0.25) is 9.78 Å². The summed E-state index contributed by atoms with van der Waals surface area (Å²) >= 11 is 0. The van der Waals surface area contributed by atoms with Gasteiger partial charge in [-0.2, -0.15) is 0 Å². The zero-order chi connectivity index (χ0) is 23.5. The molecule has 0 saturated carbocycles. The number of pyridine rings is 1. The van der Waals surface area contributed by atoms with Gasteiger partial charge in [0, 0.05) is 23.7 Å². The van der Waals surface area contributed by atoms with Crippen LogP contribution in [-0.2, 0) is 25.4 Å². The Balaban J connectivity index is 1.50. The Labute approximate surface area is 197 Å². The molecule has 5 rings (SSSR count). The summed E-state index contributed by atoms with van der Waals surface area (Å²) in [5.74, 6) is -0.609. The third kappa shape index (κ3) is 4.59. The number of carbonyl (C=O) groups excluding carboxylic acids is 1. The van der Waals surface area contributed by atoms with Crippen molar-refractivity contribution in [3.63, 3.8) is 0 Å². The molecule has 2 saturated heterocycles. The molecule has 3 heterocycles. The monoisotopic (exact) mass is 462 g/mol. The van der Waals surface area contributed by atoms with Crippen molar-refractivity contribution in [1.29, 1.82) is 0 Å². The Bertz CT molecular complexity index is 1110. The van der Waals surface area contributed by atoms with Gasteiger partial charge in [0.05, 0.1) is 12.7 Å². The molecule has 6 atom stereocenters. The van der Waals surface area contributed by atoms with E-state index in [1.54, 1.807) is 12.1 Å². The summed E-state index contributed by atoms with van der Waals surface area (Å²) < 4.78 is 25.1. The zero-order valence-corrected chi connectivity index (χ0v) is 18.4. The van der Waals surface area contributed by atoms with Crippen molar-refractivity contribution in [3.8, 4) is 0 Å². The molecule has 0 aliphatic carbocycles. The summed E-state index contributed by atoms with van der Waals surface area (Å²) in [5, 5.41) is 10.2. The molecule has 0 radical (unpaired) electrons. The highest BCUT2D eigenvalue weighted by molar-refractivity contribution is 5.92. The van der Waals surface area contributed by atoms with Gasteiger partial charge in [-0.25, -0.2) is 0 Å². The van der Waals surface area contributed by atoms with Gasteiger partial charge in [-0.05, 0) is 11.6 Å². The standard InChI is InChI=1S/C26H26N2O6/c27-24(30)21-18(12-7-13-28-21)14-19-22-23(34-25(31-19)16-8-3-1-4-9-16)20(15-29)32-26(33-22)17-10-5-2-6-11-17/h1-13,19-20,22-23,25-26,29H,14-15H2,(H2,27,30). The molecular formula is C26H26N2O6. The lowest BCUT2D eigenvalue weighted by Crippen LogP contribution is -2.59. The number of nitrogens with zero attached hydrogens (tertiary/aromatic N) is 1. The highest BCUT2D eigenvalue weighted by Gasteiger charge is 2.50. The van der Waals surface area contributed by atoms with Crippen molar-refractivity contribution in [2.24, 2.45) is 5.73 Å². The second-order valence-corrected chi connectivity index (χ2v) is 8.30. The van der Waals surface area contributed by atoms with E-state index in [1.807, 2.05) is 60.7 Å². The second kappa shape index (κ2) is 10.0. The summed E-state index contributed by atoms with van der Waals surface area (Å²) in [4.78, 5) is 16.1. The fourth-order valence-electron chi connectivity index (χ4n) is 4.46. The lowest BCUT2D eigenvalue weighted by Gasteiger charge is -2.49. The van der Waals surface area contributed by atoms with Crippen LogP contribution in [0.25, 0.3) is 0 Å². The lowest BCUT2D eigenvalue weighted by molar-refractivity contribution is -0.384. The number of aliphatic hydroxyl groups excluding tert-OH is 1. The number of aromatic nitrogens is 1. The Morgan fingerprint density at radius 2 is 1.35 bits per heavy atom. The highest BCUT2D eigenvalue weighted by Crippen LogP contribution is 2.41. The van der Waals surface area contributed by atoms with Gasteiger partial charge in [0.1, 0.15) is 24.0 Å². The van der Waals surface area contributed by atoms with Crippen LogP contribution in [0, 0.1) is 0 Å². The van der Waals surface area contributed by atoms with E-state index >= 15 is 0 Å². The van der Waals surface area contributed by atoms with Gasteiger partial charge in [0.2, 0.25) is 0 Å². The molecule has 3 aromatic rings. The third-order valence-electron chi connectivity index (χ3n) is 6.08. The van der Waals surface area contributed by atoms with Crippen LogP contribution in [0.2, 0.25) is 0 Å². The van der Waals surface area contributed by atoms with Gasteiger partial charge in [-0.15, -0.1) is 0 Å². The average molecular weight is 463 g/mol. The minimum atomic E-state index is -0.702. The molecule has 34 heavy (non-hydrogen) atoms. The number of fused-ring (bicyclic) bond motifs is 1. The smallest absolute Gasteiger partial charge is 0.267 e. The van der Waals surface area contributed by atoms with Crippen LogP contribution in [-0.4, -0.2) is 47.0 Å². The first-order chi connectivity index (χ1) is 16.6. The normalized spacial score (nSPS) is 28.7. The first kappa shape index (κ1) is 22.6. The Morgan fingerprint density at radius 3 is 1.91 bits per heavy atom. The van der Waals surface area contributed by atoms with Gasteiger partial charge in [0.15, 0.2) is 12.6 Å². The second-order valence-electron chi connectivity index (χ2n) is 8.30. The number of nitrogens with two attached hydrogens (primary N) is 1. The topological polar surface area (TPSA) is 113 Å². The SMILES string of the molecule is NC(=O)c1ncccc1CC1OC(c2ccccc2)OC2C(CO)OC(c3ccccc3)OC12. The number of hydrogen-bond donors (Lipinski definition) is 2. The van der Waals surface area contributed by atoms with Crippen LogP contribution in [0.3, 0.4) is 0 Å². The quantitative estimate of drug-likeness (QED) is 0.579. The maximum absolute atomic E-state index is 12.0. The van der Waals surface area contributed by atoms with Gasteiger partial charge in [0.25, 0.3) is 5.91 Å². The fraction of sp³-hybridized carbons (Fsp3) is 0.308. The molecule has 2 fully saturated rings. The van der Waals surface area contributed by atoms with E-state index in [-0.39, 0.29) is 12.3 Å². The van der Waals surface area contributed by atoms with E-state index in [1.165, 1.54) is 6.20 Å². The van der Waals surface area contributed by atoms with E-state index in [0.717, 1.165) is 11.1 Å².